The van der Waals surface area contributed by atoms with E-state index in [2.05, 4.69) is 21.2 Å². The first-order chi connectivity index (χ1) is 1.73. The first-order valence-corrected chi connectivity index (χ1v) is 16.5. The maximum atomic E-state index is 3.29. The summed E-state index contributed by atoms with van der Waals surface area (Å²) < 4.78 is 0. The second-order valence-electron chi connectivity index (χ2n) is 0.162. The molecule has 0 aliphatic heterocycles. The van der Waals surface area contributed by atoms with Gasteiger partial charge in [-0.25, -0.2) is 0 Å². The first-order valence-electron chi connectivity index (χ1n) is 0.429. The fraction of sp³-hybridized carbons (Fsp3) is 0. The maximum absolute atomic E-state index is 3.29. The summed E-state index contributed by atoms with van der Waals surface area (Å²) in [5.41, 5.74) is 0. The van der Waals surface area contributed by atoms with Crippen molar-refractivity contribution in [2.24, 2.45) is 0 Å². The average molecular weight is 554 g/mol. The van der Waals surface area contributed by atoms with Gasteiger partial charge in [0, 0.05) is 0 Å². The minimum absolute atomic E-state index is 0. The fourth-order valence-electron chi connectivity index (χ4n) is 0. The van der Waals surface area contributed by atoms with Crippen LogP contribution in [-0.4, -0.2) is 49.3 Å². The van der Waals surface area contributed by atoms with Crippen molar-refractivity contribution in [2.75, 3.05) is 0 Å². The Kier molecular flexibility index (Phi) is 689. The molecule has 9 nitrogen and oxygen atoms in total. The zero-order chi connectivity index (χ0) is 3.58. The molecule has 0 atom stereocenters. The molecule has 0 spiro atoms. The van der Waals surface area contributed by atoms with E-state index in [1.807, 2.05) is 0 Å². The number of halogens is 3. The normalized spacial score (nSPS) is 3.46. The molecule has 0 aromatic rings. The van der Waals surface area contributed by atoms with Crippen LogP contribution >= 0.6 is 21.2 Å². The van der Waals surface area contributed by atoms with Crippen LogP contribution in [0.15, 0.2) is 0 Å². The summed E-state index contributed by atoms with van der Waals surface area (Å²) in [4.78, 5) is 0. The van der Waals surface area contributed by atoms with E-state index in [9.17, 15) is 0 Å². The van der Waals surface area contributed by atoms with Crippen molar-refractivity contribution in [1.29, 1.82) is 0 Å². The Morgan fingerprint density at radius 1 is 0.385 bits per heavy atom. The van der Waals surface area contributed by atoms with Gasteiger partial charge in [0.2, 0.25) is 0 Å². The molecule has 0 saturated heterocycles. The molecule has 0 aromatic heterocycles. The van der Waals surface area contributed by atoms with Crippen molar-refractivity contribution in [3.8, 4) is 0 Å². The van der Waals surface area contributed by atoms with E-state index in [1.165, 1.54) is 0 Å². The molecule has 0 aliphatic rings. The molecule has 0 saturated carbocycles. The molecule has 0 amide bonds. The van der Waals surface area contributed by atoms with Crippen LogP contribution in [0.25, 0.3) is 0 Å². The van der Waals surface area contributed by atoms with E-state index >= 15 is 0 Å². The summed E-state index contributed by atoms with van der Waals surface area (Å²) in [5, 5.41) is 0. The van der Waals surface area contributed by atoms with Crippen molar-refractivity contribution in [3.63, 3.8) is 0 Å². The minimum atomic E-state index is -1.03. The van der Waals surface area contributed by atoms with Crippen LogP contribution in [0.3, 0.4) is 0 Å². The quantitative estimate of drug-likeness (QED) is 0.272. The van der Waals surface area contributed by atoms with E-state index in [0.29, 0.717) is 0 Å². The van der Waals surface area contributed by atoms with Crippen LogP contribution in [0.1, 0.15) is 0 Å². The van der Waals surface area contributed by atoms with Gasteiger partial charge in [-0.1, -0.05) is 0 Å². The Morgan fingerprint density at radius 3 is 0.385 bits per heavy atom. The van der Waals surface area contributed by atoms with Crippen molar-refractivity contribution in [3.05, 3.63) is 0 Å². The Balaban J connectivity index is -0.00000000125. The third-order valence-electron chi connectivity index (χ3n) is 0. The zero-order valence-electron chi connectivity index (χ0n) is 6.01. The van der Waals surface area contributed by atoms with Gasteiger partial charge < -0.3 is 49.3 Å². The number of hydrogen-bond acceptors (Lipinski definition) is 0. The molecule has 0 fully saturated rings. The fourth-order valence-corrected chi connectivity index (χ4v) is 0. The molecule has 18 N–H and O–H groups in total. The summed E-state index contributed by atoms with van der Waals surface area (Å²) in [6.45, 7) is 0. The molecule has 0 radical (unpaired) electrons. The van der Waals surface area contributed by atoms with E-state index in [4.69, 9.17) is 0 Å². The third kappa shape index (κ3) is 331. The molecule has 0 bridgehead atoms. The summed E-state index contributed by atoms with van der Waals surface area (Å²) in [6, 6.07) is 0. The van der Waals surface area contributed by atoms with Crippen LogP contribution < -0.4 is 0 Å². The Hall–Kier alpha value is 2.66. The van der Waals surface area contributed by atoms with Gasteiger partial charge in [-0.15, -0.1) is 0 Å². The summed E-state index contributed by atoms with van der Waals surface area (Å²) >= 11 is -1.03. The van der Waals surface area contributed by atoms with Gasteiger partial charge in [0.05, 0.1) is 0 Å². The van der Waals surface area contributed by atoms with Crippen molar-refractivity contribution < 1.29 is 81.2 Å². The third-order valence-corrected chi connectivity index (χ3v) is 0. The van der Waals surface area contributed by atoms with E-state index in [1.54, 1.807) is 0 Å². The standard InChI is InChI=1S/3BrH.Eu.9H2O/h3*1H;;9*1H2/q;;;+3;;;;;;;;;/p-3. The molecular weight excluding hydrogens is 536 g/mol. The van der Waals surface area contributed by atoms with E-state index in [-0.39, 0.29) is 49.3 Å². The van der Waals surface area contributed by atoms with Crippen LogP contribution in [-0.2, 0) is 0 Å². The molecule has 0 rings (SSSR count). The summed E-state index contributed by atoms with van der Waals surface area (Å²) in [5.74, 6) is 0. The van der Waals surface area contributed by atoms with Gasteiger partial charge in [0.1, 0.15) is 0 Å². The molecule has 13 heavy (non-hydrogen) atoms. The van der Waals surface area contributed by atoms with Crippen LogP contribution in [0.5, 0.6) is 0 Å². The van der Waals surface area contributed by atoms with Gasteiger partial charge in [-0.05, 0) is 0 Å². The molecule has 13 heteroatoms. The van der Waals surface area contributed by atoms with Crippen molar-refractivity contribution in [2.45, 2.75) is 0 Å². The van der Waals surface area contributed by atoms with Gasteiger partial charge in [0.25, 0.3) is 0 Å². The van der Waals surface area contributed by atoms with E-state index in [0.717, 1.165) is 0 Å². The van der Waals surface area contributed by atoms with E-state index < -0.39 is 31.9 Å². The SMILES string of the molecule is O.O.O.O.O.O.O.O.O.[Br][Eu]([Br])[Br]. The van der Waals surface area contributed by atoms with Crippen LogP contribution in [0.4, 0.5) is 0 Å². The topological polar surface area (TPSA) is 284 Å². The molecule has 100 valence electrons. The molecule has 0 aliphatic carbocycles. The number of rotatable bonds is 0. The van der Waals surface area contributed by atoms with Gasteiger partial charge in [-0.2, -0.15) is 0 Å². The zero-order valence-corrected chi connectivity index (χ0v) is 13.2. The van der Waals surface area contributed by atoms with Gasteiger partial charge in [-0.3, -0.25) is 0 Å². The number of hydrogen-bond donors (Lipinski definition) is 0. The van der Waals surface area contributed by atoms with Crippen molar-refractivity contribution >= 4 is 21.2 Å². The molecule has 0 unspecified atom stereocenters. The summed E-state index contributed by atoms with van der Waals surface area (Å²) in [7, 11) is 9.87. The van der Waals surface area contributed by atoms with Crippen LogP contribution in [0, 0.1) is 31.9 Å². The summed E-state index contributed by atoms with van der Waals surface area (Å²) in [6.07, 6.45) is 0. The second-order valence-corrected chi connectivity index (χ2v) is 32.4. The monoisotopic (exact) mass is 552 g/mol. The predicted molar refractivity (Wildman–Crippen MR) is 59.3 cm³/mol. The second kappa shape index (κ2) is 85.3. The van der Waals surface area contributed by atoms with Crippen LogP contribution in [0.2, 0.25) is 0 Å². The average Bonchev–Trinajstić information content (AvgIpc) is 0.811. The Morgan fingerprint density at radius 2 is 0.385 bits per heavy atom. The molecule has 0 heterocycles. The Labute approximate surface area is 100 Å². The molecule has 0 aromatic carbocycles. The first kappa shape index (κ1) is 105. The Bertz CT molecular complexity index is 19.6. The predicted octanol–water partition coefficient (Wildman–Crippen LogP) is -4.89. The van der Waals surface area contributed by atoms with Gasteiger partial charge >= 0.3 is 53.1 Å². The van der Waals surface area contributed by atoms with Gasteiger partial charge in [0.15, 0.2) is 0 Å². The van der Waals surface area contributed by atoms with Crippen molar-refractivity contribution in [1.82, 2.24) is 0 Å². The molecular formula is H18Br3EuO9.